The molecule has 0 spiro atoms. The van der Waals surface area contributed by atoms with Gasteiger partial charge in [-0.2, -0.15) is 0 Å². The van der Waals surface area contributed by atoms with Crippen molar-refractivity contribution in [2.24, 2.45) is 0 Å². The Morgan fingerprint density at radius 1 is 0.857 bits per heavy atom. The van der Waals surface area contributed by atoms with Crippen molar-refractivity contribution in [3.63, 3.8) is 0 Å². The number of hydrogen-bond donors (Lipinski definition) is 0. The molecule has 0 saturated heterocycles. The van der Waals surface area contributed by atoms with Crippen molar-refractivity contribution >= 4 is 56.1 Å². The van der Waals surface area contributed by atoms with Crippen molar-refractivity contribution in [3.8, 4) is 0 Å². The first-order chi connectivity index (χ1) is 2.00. The van der Waals surface area contributed by atoms with E-state index in [9.17, 15) is 17.3 Å². The van der Waals surface area contributed by atoms with Crippen molar-refractivity contribution < 1.29 is 52.9 Å². The SMILES string of the molecule is F[B-](F)(F)F.[BaH2].[La]. The van der Waals surface area contributed by atoms with E-state index in [0.717, 1.165) is 0 Å². The van der Waals surface area contributed by atoms with E-state index in [0.29, 0.717) is 0 Å². The molecule has 1 radical (unpaired) electrons. The molecule has 39 valence electrons. The quantitative estimate of drug-likeness (QED) is 0.431. The number of halogens is 4. The van der Waals surface area contributed by atoms with Gasteiger partial charge in [0.2, 0.25) is 0 Å². The molecule has 0 atom stereocenters. The Morgan fingerprint density at radius 2 is 0.857 bits per heavy atom. The van der Waals surface area contributed by atoms with Gasteiger partial charge in [0.05, 0.1) is 0 Å². The zero-order chi connectivity index (χ0) is 4.50. The molecular weight excluding hydrogens is 363 g/mol. The summed E-state index contributed by atoms with van der Waals surface area (Å²) in [5, 5.41) is 0. The maximum atomic E-state index is 9.75. The third kappa shape index (κ3) is 56.4. The van der Waals surface area contributed by atoms with Crippen LogP contribution in [0.3, 0.4) is 0 Å². The Morgan fingerprint density at radius 3 is 0.857 bits per heavy atom. The summed E-state index contributed by atoms with van der Waals surface area (Å²) in [5.41, 5.74) is 0. The Kier molecular flexibility index (Phi) is 15.5. The molecule has 0 unspecified atom stereocenters. The average molecular weight is 365 g/mol. The Bertz CT molecular complexity index is 27.2. The van der Waals surface area contributed by atoms with E-state index in [1.807, 2.05) is 0 Å². The van der Waals surface area contributed by atoms with Gasteiger partial charge >= 0.3 is 56.1 Å². The predicted molar refractivity (Wildman–Crippen MR) is 18.7 cm³/mol. The van der Waals surface area contributed by atoms with Gasteiger partial charge in [-0.05, 0) is 0 Å². The molecule has 0 bridgehead atoms. The minimum absolute atomic E-state index is 0. The van der Waals surface area contributed by atoms with Gasteiger partial charge in [0, 0.05) is 35.6 Å². The second-order valence-corrected chi connectivity index (χ2v) is 0.495. The van der Waals surface area contributed by atoms with E-state index in [-0.39, 0.29) is 84.5 Å². The first-order valence-corrected chi connectivity index (χ1v) is 0.873. The third-order valence-corrected chi connectivity index (χ3v) is 0. The maximum Gasteiger partial charge on any atom is 0 e. The van der Waals surface area contributed by atoms with Crippen LogP contribution in [0.5, 0.6) is 0 Å². The van der Waals surface area contributed by atoms with E-state index in [4.69, 9.17) is 0 Å². The molecule has 0 saturated carbocycles. The Hall–Kier alpha value is 2.55. The minimum Gasteiger partial charge on any atom is 0 e. The van der Waals surface area contributed by atoms with Gasteiger partial charge in [-0.3, -0.25) is 0 Å². The van der Waals surface area contributed by atoms with Crippen LogP contribution in [0.2, 0.25) is 0 Å². The first kappa shape index (κ1) is 16.3. The fourth-order valence-corrected chi connectivity index (χ4v) is 0. The normalized spacial score (nSPS) is 8.57. The van der Waals surface area contributed by atoms with Gasteiger partial charge < -0.3 is 17.3 Å². The molecule has 7 heteroatoms. The van der Waals surface area contributed by atoms with Crippen LogP contribution >= 0.6 is 0 Å². The van der Waals surface area contributed by atoms with E-state index < -0.39 is 7.25 Å². The molecule has 0 aromatic carbocycles. The van der Waals surface area contributed by atoms with E-state index in [1.54, 1.807) is 0 Å². The molecule has 0 aromatic rings. The Labute approximate surface area is 107 Å². The summed E-state index contributed by atoms with van der Waals surface area (Å²) in [6.45, 7) is 0. The fraction of sp³-hybridized carbons (Fsp3) is 0. The van der Waals surface area contributed by atoms with Crippen LogP contribution in [0.1, 0.15) is 0 Å². The second-order valence-electron chi connectivity index (χ2n) is 0.495. The van der Waals surface area contributed by atoms with Crippen molar-refractivity contribution in [3.05, 3.63) is 0 Å². The predicted octanol–water partition coefficient (Wildman–Crippen LogP) is 0.384. The van der Waals surface area contributed by atoms with Gasteiger partial charge in [-0.1, -0.05) is 0 Å². The molecule has 0 amide bonds. The van der Waals surface area contributed by atoms with Crippen LogP contribution < -0.4 is 0 Å². The van der Waals surface area contributed by atoms with Gasteiger partial charge in [0.1, 0.15) is 0 Å². The number of hydrogen-bond acceptors (Lipinski definition) is 0. The van der Waals surface area contributed by atoms with Crippen LogP contribution in [-0.2, 0) is 0 Å². The molecule has 0 aliphatic heterocycles. The van der Waals surface area contributed by atoms with E-state index in [2.05, 4.69) is 0 Å². The number of rotatable bonds is 0. The van der Waals surface area contributed by atoms with Gasteiger partial charge in [-0.15, -0.1) is 0 Å². The summed E-state index contributed by atoms with van der Waals surface area (Å²) in [4.78, 5) is 0. The van der Waals surface area contributed by atoms with Gasteiger partial charge in [0.15, 0.2) is 0 Å². The van der Waals surface area contributed by atoms with E-state index >= 15 is 0 Å². The minimum atomic E-state index is -6.00. The first-order valence-electron chi connectivity index (χ1n) is 0.873. The van der Waals surface area contributed by atoms with Crippen LogP contribution in [0, 0.1) is 35.6 Å². The average Bonchev–Trinajstić information content (AvgIpc) is 0.722. The Balaban J connectivity index is -0.0000000800. The van der Waals surface area contributed by atoms with Crippen LogP contribution in [-0.4, -0.2) is 56.1 Å². The van der Waals surface area contributed by atoms with Crippen molar-refractivity contribution in [2.75, 3.05) is 0 Å². The molecule has 0 fully saturated rings. The monoisotopic (exact) mass is 366 g/mol. The van der Waals surface area contributed by atoms with E-state index in [1.165, 1.54) is 0 Å². The molecule has 0 aliphatic carbocycles. The molecule has 0 rings (SSSR count). The zero-order valence-corrected chi connectivity index (χ0v) is 6.29. The van der Waals surface area contributed by atoms with Crippen molar-refractivity contribution in [1.82, 2.24) is 0 Å². The molecule has 0 aromatic heterocycles. The summed E-state index contributed by atoms with van der Waals surface area (Å²) in [6, 6.07) is 0. The van der Waals surface area contributed by atoms with Crippen LogP contribution in [0.15, 0.2) is 0 Å². The van der Waals surface area contributed by atoms with Crippen molar-refractivity contribution in [2.45, 2.75) is 0 Å². The molecule has 0 aliphatic rings. The molecular formula is H2BBaF4La-. The summed E-state index contributed by atoms with van der Waals surface area (Å²) in [7, 11) is -6.00. The molecule has 7 heavy (non-hydrogen) atoms. The largest absolute Gasteiger partial charge is 0 e. The van der Waals surface area contributed by atoms with Crippen molar-refractivity contribution in [1.29, 1.82) is 0 Å². The standard InChI is InChI=1S/BF4.Ba.La.2H/c2-1(3,4)5;;;;/q-1;;;;. The molecule has 0 N–H and O–H groups in total. The van der Waals surface area contributed by atoms with Gasteiger partial charge in [0.25, 0.3) is 0 Å². The summed E-state index contributed by atoms with van der Waals surface area (Å²) < 4.78 is 39.0. The fourth-order valence-electron chi connectivity index (χ4n) is 0. The summed E-state index contributed by atoms with van der Waals surface area (Å²) in [6.07, 6.45) is 0. The third-order valence-electron chi connectivity index (χ3n) is 0. The van der Waals surface area contributed by atoms with Crippen LogP contribution in [0.4, 0.5) is 17.3 Å². The van der Waals surface area contributed by atoms with Gasteiger partial charge in [-0.25, -0.2) is 0 Å². The molecule has 0 heterocycles. The summed E-state index contributed by atoms with van der Waals surface area (Å²) >= 11 is 0. The maximum absolute atomic E-state index is 9.75. The zero-order valence-electron chi connectivity index (χ0n) is 2.67. The molecule has 0 nitrogen and oxygen atoms in total. The second kappa shape index (κ2) is 6.67. The smallest absolute Gasteiger partial charge is 0 e. The summed E-state index contributed by atoms with van der Waals surface area (Å²) in [5.74, 6) is 0. The van der Waals surface area contributed by atoms with Crippen LogP contribution in [0.25, 0.3) is 0 Å². The topological polar surface area (TPSA) is 0 Å².